The molecule has 5 rings (SSSR count). The second kappa shape index (κ2) is 13.5. The molecule has 0 aliphatic heterocycles. The summed E-state index contributed by atoms with van der Waals surface area (Å²) in [6.07, 6.45) is 0.449. The zero-order valence-electron chi connectivity index (χ0n) is 24.9. The Labute approximate surface area is 260 Å². The highest BCUT2D eigenvalue weighted by atomic mass is 16.5. The molecule has 2 amide bonds. The third-order valence-corrected chi connectivity index (χ3v) is 7.87. The molecule has 9 heteroatoms. The van der Waals surface area contributed by atoms with Gasteiger partial charge in [0.05, 0.1) is 12.0 Å². The number of primary amides is 1. The van der Waals surface area contributed by atoms with Crippen molar-refractivity contribution in [2.75, 3.05) is 0 Å². The predicted octanol–water partition coefficient (Wildman–Crippen LogP) is 5.23. The Bertz CT molecular complexity index is 1870. The summed E-state index contributed by atoms with van der Waals surface area (Å²) in [4.78, 5) is 52.4. The van der Waals surface area contributed by atoms with Gasteiger partial charge in [-0.3, -0.25) is 9.59 Å². The first kappa shape index (κ1) is 31.0. The number of para-hydroxylation sites is 1. The van der Waals surface area contributed by atoms with Gasteiger partial charge in [-0.2, -0.15) is 0 Å². The molecule has 0 fully saturated rings. The van der Waals surface area contributed by atoms with Crippen LogP contribution in [-0.2, 0) is 32.1 Å². The Balaban J connectivity index is 1.43. The van der Waals surface area contributed by atoms with Crippen LogP contribution in [-0.4, -0.2) is 45.1 Å². The Hall–Kier alpha value is -5.44. The SMILES string of the molecule is CCC[C@](NC(=O)c1cn(Cc2ccccc2)c2ccccc12)(C(=O)O)C(=O)O[C@H](CC(N)=O)Cc1ccc2ccccc2c1. The van der Waals surface area contributed by atoms with Gasteiger partial charge in [-0.1, -0.05) is 104 Å². The average Bonchev–Trinajstić information content (AvgIpc) is 3.39. The lowest BCUT2D eigenvalue weighted by molar-refractivity contribution is -0.167. The molecular weight excluding hydrogens is 570 g/mol. The molecule has 1 heterocycles. The monoisotopic (exact) mass is 605 g/mol. The van der Waals surface area contributed by atoms with Gasteiger partial charge >= 0.3 is 11.9 Å². The number of ether oxygens (including phenoxy) is 1. The van der Waals surface area contributed by atoms with Crippen molar-refractivity contribution >= 4 is 45.4 Å². The number of nitrogens with one attached hydrogen (secondary N) is 1. The Morgan fingerprint density at radius 1 is 0.889 bits per heavy atom. The number of carboxylic acids is 1. The van der Waals surface area contributed by atoms with Gasteiger partial charge in [-0.15, -0.1) is 0 Å². The number of rotatable bonds is 13. The van der Waals surface area contributed by atoms with Crippen molar-refractivity contribution in [1.29, 1.82) is 0 Å². The summed E-state index contributed by atoms with van der Waals surface area (Å²) in [7, 11) is 0. The highest BCUT2D eigenvalue weighted by Gasteiger charge is 2.49. The number of esters is 1. The molecule has 1 aromatic heterocycles. The molecule has 0 radical (unpaired) electrons. The quantitative estimate of drug-likeness (QED) is 0.124. The van der Waals surface area contributed by atoms with E-state index < -0.39 is 35.4 Å². The average molecular weight is 606 g/mol. The van der Waals surface area contributed by atoms with Gasteiger partial charge in [0.25, 0.3) is 5.91 Å². The minimum atomic E-state index is -2.40. The molecule has 0 aliphatic carbocycles. The second-order valence-electron chi connectivity index (χ2n) is 11.2. The molecule has 5 aromatic rings. The third kappa shape index (κ3) is 6.88. The molecule has 9 nitrogen and oxygen atoms in total. The van der Waals surface area contributed by atoms with Crippen molar-refractivity contribution in [2.45, 2.75) is 50.8 Å². The number of carboxylic acid groups (broad SMARTS) is 1. The van der Waals surface area contributed by atoms with Crippen LogP contribution in [0.5, 0.6) is 0 Å². The molecule has 4 aromatic carbocycles. The summed E-state index contributed by atoms with van der Waals surface area (Å²) in [5.41, 5.74) is 5.89. The lowest BCUT2D eigenvalue weighted by atomic mass is 9.92. The van der Waals surface area contributed by atoms with E-state index in [2.05, 4.69) is 5.32 Å². The van der Waals surface area contributed by atoms with Crippen LogP contribution in [0.15, 0.2) is 103 Å². The molecule has 0 saturated heterocycles. The summed E-state index contributed by atoms with van der Waals surface area (Å²) < 4.78 is 7.63. The fraction of sp³-hybridized carbons (Fsp3) is 0.222. The van der Waals surface area contributed by atoms with Crippen LogP contribution in [0.1, 0.15) is 47.7 Å². The van der Waals surface area contributed by atoms with E-state index in [0.717, 1.165) is 27.4 Å². The van der Waals surface area contributed by atoms with E-state index in [4.69, 9.17) is 10.5 Å². The number of nitrogens with two attached hydrogens (primary N) is 1. The maximum Gasteiger partial charge on any atom is 0.344 e. The molecule has 2 atom stereocenters. The lowest BCUT2D eigenvalue weighted by Crippen LogP contribution is -2.61. The van der Waals surface area contributed by atoms with Crippen LogP contribution >= 0.6 is 0 Å². The van der Waals surface area contributed by atoms with Gasteiger partial charge < -0.3 is 25.5 Å². The smallest absolute Gasteiger partial charge is 0.344 e. The molecule has 0 unspecified atom stereocenters. The standard InChI is InChI=1S/C36H35N3O6/c1-2-18-36(34(42)43,35(44)45-28(21-32(37)40)20-25-16-17-26-12-6-7-13-27(26)19-25)38-33(41)30-23-39(22-24-10-4-3-5-11-24)31-15-9-8-14-29(30)31/h3-17,19,23,28H,2,18,20-22H2,1H3,(H2,37,40)(H,38,41)(H,42,43)/t28-,36-/m0/s1. The number of benzene rings is 4. The predicted molar refractivity (Wildman–Crippen MR) is 172 cm³/mol. The molecule has 230 valence electrons. The number of carbonyl (C=O) groups is 4. The van der Waals surface area contributed by atoms with Crippen molar-refractivity contribution in [1.82, 2.24) is 9.88 Å². The molecule has 0 saturated carbocycles. The van der Waals surface area contributed by atoms with Crippen molar-refractivity contribution in [3.63, 3.8) is 0 Å². The van der Waals surface area contributed by atoms with E-state index in [1.165, 1.54) is 0 Å². The normalized spacial score (nSPS) is 13.2. The zero-order valence-corrected chi connectivity index (χ0v) is 24.9. The van der Waals surface area contributed by atoms with Gasteiger partial charge in [-0.25, -0.2) is 9.59 Å². The summed E-state index contributed by atoms with van der Waals surface area (Å²) in [6.45, 7) is 2.19. The minimum Gasteiger partial charge on any atom is -0.479 e. The molecule has 45 heavy (non-hydrogen) atoms. The maximum absolute atomic E-state index is 13.8. The van der Waals surface area contributed by atoms with Gasteiger partial charge in [0.15, 0.2) is 0 Å². The van der Waals surface area contributed by atoms with Crippen molar-refractivity contribution < 1.29 is 29.0 Å². The number of aliphatic carboxylic acids is 1. The van der Waals surface area contributed by atoms with E-state index in [1.807, 2.05) is 89.5 Å². The first-order chi connectivity index (χ1) is 21.7. The number of aromatic nitrogens is 1. The second-order valence-corrected chi connectivity index (χ2v) is 11.2. The summed E-state index contributed by atoms with van der Waals surface area (Å²) in [5, 5.41) is 15.5. The van der Waals surface area contributed by atoms with E-state index in [0.29, 0.717) is 11.9 Å². The fourth-order valence-corrected chi connectivity index (χ4v) is 5.70. The van der Waals surface area contributed by atoms with E-state index >= 15 is 0 Å². The van der Waals surface area contributed by atoms with Crippen molar-refractivity contribution in [3.8, 4) is 0 Å². The Morgan fingerprint density at radius 3 is 2.29 bits per heavy atom. The van der Waals surface area contributed by atoms with E-state index in [1.54, 1.807) is 25.3 Å². The first-order valence-electron chi connectivity index (χ1n) is 14.8. The van der Waals surface area contributed by atoms with Crippen LogP contribution in [0.3, 0.4) is 0 Å². The molecule has 4 N–H and O–H groups in total. The first-order valence-corrected chi connectivity index (χ1v) is 14.8. The molecule has 0 aliphatic rings. The van der Waals surface area contributed by atoms with Crippen molar-refractivity contribution in [3.05, 3.63) is 120 Å². The zero-order chi connectivity index (χ0) is 32.0. The largest absolute Gasteiger partial charge is 0.479 e. The molecule has 0 spiro atoms. The highest BCUT2D eigenvalue weighted by molar-refractivity contribution is 6.13. The summed E-state index contributed by atoms with van der Waals surface area (Å²) in [6, 6.07) is 30.4. The number of fused-ring (bicyclic) bond motifs is 2. The molecule has 0 bridgehead atoms. The maximum atomic E-state index is 13.8. The summed E-state index contributed by atoms with van der Waals surface area (Å²) >= 11 is 0. The minimum absolute atomic E-state index is 0.127. The fourth-order valence-electron chi connectivity index (χ4n) is 5.70. The third-order valence-electron chi connectivity index (χ3n) is 7.87. The van der Waals surface area contributed by atoms with Gasteiger partial charge in [0.2, 0.25) is 11.4 Å². The number of nitrogens with zero attached hydrogens (tertiary/aromatic N) is 1. The van der Waals surface area contributed by atoms with Crippen LogP contribution < -0.4 is 11.1 Å². The van der Waals surface area contributed by atoms with Gasteiger partial charge in [0, 0.05) is 30.1 Å². The van der Waals surface area contributed by atoms with Crippen LogP contribution in [0.4, 0.5) is 0 Å². The van der Waals surface area contributed by atoms with E-state index in [9.17, 15) is 24.3 Å². The van der Waals surface area contributed by atoms with Crippen molar-refractivity contribution in [2.24, 2.45) is 5.73 Å². The highest BCUT2D eigenvalue weighted by Crippen LogP contribution is 2.26. The van der Waals surface area contributed by atoms with Crippen LogP contribution in [0, 0.1) is 0 Å². The van der Waals surface area contributed by atoms with Gasteiger partial charge in [0.1, 0.15) is 6.10 Å². The number of amides is 2. The van der Waals surface area contributed by atoms with Crippen LogP contribution in [0.2, 0.25) is 0 Å². The lowest BCUT2D eigenvalue weighted by Gasteiger charge is -2.30. The topological polar surface area (TPSA) is 141 Å². The van der Waals surface area contributed by atoms with E-state index in [-0.39, 0.29) is 31.2 Å². The Morgan fingerprint density at radius 2 is 1.58 bits per heavy atom. The summed E-state index contributed by atoms with van der Waals surface area (Å²) in [5.74, 6) is -4.16. The Kier molecular flexibility index (Phi) is 9.28. The number of hydrogen-bond donors (Lipinski definition) is 3. The number of hydrogen-bond acceptors (Lipinski definition) is 5. The number of carbonyl (C=O) groups excluding carboxylic acids is 3. The molecular formula is C36H35N3O6. The van der Waals surface area contributed by atoms with Crippen LogP contribution in [0.25, 0.3) is 21.7 Å². The van der Waals surface area contributed by atoms with Gasteiger partial charge in [-0.05, 0) is 34.4 Å².